The average Bonchev–Trinajstić information content (AvgIpc) is 2.27. The van der Waals surface area contributed by atoms with E-state index in [4.69, 9.17) is 4.74 Å². The first-order valence-electron chi connectivity index (χ1n) is 5.51. The van der Waals surface area contributed by atoms with Crippen LogP contribution in [0.1, 0.15) is 12.8 Å². The highest BCUT2D eigenvalue weighted by atomic mass is 32.2. The van der Waals surface area contributed by atoms with Gasteiger partial charge in [0.05, 0.1) is 0 Å². The number of morpholine rings is 1. The summed E-state index contributed by atoms with van der Waals surface area (Å²) in [5.41, 5.74) is 0. The SMILES string of the molecule is CS(=O)CCC1NC(=O)C(CCS(C)=O)OC1=O. The van der Waals surface area contributed by atoms with Crippen molar-refractivity contribution in [3.8, 4) is 0 Å². The minimum Gasteiger partial charge on any atom is -0.451 e. The van der Waals surface area contributed by atoms with Crippen molar-refractivity contribution < 1.29 is 22.7 Å². The maximum atomic E-state index is 11.6. The minimum atomic E-state index is -1.02. The smallest absolute Gasteiger partial charge is 0.329 e. The molecule has 8 heteroatoms. The van der Waals surface area contributed by atoms with Gasteiger partial charge in [-0.05, 0) is 6.42 Å². The van der Waals surface area contributed by atoms with Crippen LogP contribution in [-0.4, -0.2) is 56.5 Å². The molecule has 4 unspecified atom stereocenters. The Morgan fingerprint density at radius 3 is 2.22 bits per heavy atom. The number of hydrogen-bond acceptors (Lipinski definition) is 5. The van der Waals surface area contributed by atoms with Gasteiger partial charge >= 0.3 is 5.97 Å². The fourth-order valence-electron chi connectivity index (χ4n) is 1.54. The molecule has 1 amide bonds. The summed E-state index contributed by atoms with van der Waals surface area (Å²) in [6, 6.07) is -0.718. The number of hydrogen-bond donors (Lipinski definition) is 1. The molecule has 4 atom stereocenters. The predicted octanol–water partition coefficient (Wildman–Crippen LogP) is -1.07. The lowest BCUT2D eigenvalue weighted by Crippen LogP contribution is -2.54. The molecule has 1 N–H and O–H groups in total. The van der Waals surface area contributed by atoms with Gasteiger partial charge in [0.1, 0.15) is 6.04 Å². The third-order valence-electron chi connectivity index (χ3n) is 2.51. The molecule has 1 saturated heterocycles. The first kappa shape index (κ1) is 15.3. The van der Waals surface area contributed by atoms with Crippen LogP contribution in [0.3, 0.4) is 0 Å². The van der Waals surface area contributed by atoms with Crippen molar-refractivity contribution in [1.29, 1.82) is 0 Å². The Kier molecular flexibility index (Phi) is 5.94. The lowest BCUT2D eigenvalue weighted by atomic mass is 10.1. The Bertz CT molecular complexity index is 348. The molecule has 0 radical (unpaired) electrons. The Labute approximate surface area is 111 Å². The van der Waals surface area contributed by atoms with Crippen LogP contribution in [0.2, 0.25) is 0 Å². The van der Waals surface area contributed by atoms with Crippen molar-refractivity contribution in [1.82, 2.24) is 5.32 Å². The Morgan fingerprint density at radius 1 is 1.11 bits per heavy atom. The highest BCUT2D eigenvalue weighted by Crippen LogP contribution is 2.11. The number of carbonyl (C=O) groups excluding carboxylic acids is 2. The molecular formula is C10H17NO5S2. The Morgan fingerprint density at radius 2 is 1.67 bits per heavy atom. The van der Waals surface area contributed by atoms with E-state index in [0.717, 1.165) is 0 Å². The van der Waals surface area contributed by atoms with Gasteiger partial charge in [-0.15, -0.1) is 0 Å². The van der Waals surface area contributed by atoms with Crippen molar-refractivity contribution in [3.63, 3.8) is 0 Å². The van der Waals surface area contributed by atoms with Crippen molar-refractivity contribution >= 4 is 33.5 Å². The van der Waals surface area contributed by atoms with Crippen LogP contribution in [0.25, 0.3) is 0 Å². The summed E-state index contributed by atoms with van der Waals surface area (Å²) >= 11 is 0. The Balaban J connectivity index is 2.48. The maximum Gasteiger partial charge on any atom is 0.329 e. The second-order valence-corrected chi connectivity index (χ2v) is 7.23. The third kappa shape index (κ3) is 4.85. The molecule has 0 saturated carbocycles. The van der Waals surface area contributed by atoms with Gasteiger partial charge in [0.15, 0.2) is 6.10 Å². The van der Waals surface area contributed by atoms with Crippen molar-refractivity contribution in [2.45, 2.75) is 25.0 Å². The molecule has 1 aliphatic rings. The summed E-state index contributed by atoms with van der Waals surface area (Å²) in [6.45, 7) is 0. The van der Waals surface area contributed by atoms with Gasteiger partial charge in [0.25, 0.3) is 5.91 Å². The lowest BCUT2D eigenvalue weighted by Gasteiger charge is -2.28. The van der Waals surface area contributed by atoms with E-state index in [1.165, 1.54) is 12.5 Å². The fourth-order valence-corrected chi connectivity index (χ4v) is 2.65. The van der Waals surface area contributed by atoms with Gasteiger partial charge in [-0.1, -0.05) is 0 Å². The predicted molar refractivity (Wildman–Crippen MR) is 68.9 cm³/mol. The second kappa shape index (κ2) is 6.98. The summed E-state index contributed by atoms with van der Waals surface area (Å²) in [4.78, 5) is 23.2. The molecule has 0 aromatic rings. The number of cyclic esters (lactones) is 1. The van der Waals surface area contributed by atoms with E-state index in [1.807, 2.05) is 0 Å². The number of nitrogens with one attached hydrogen (secondary N) is 1. The van der Waals surface area contributed by atoms with E-state index in [2.05, 4.69) is 5.32 Å². The second-order valence-electron chi connectivity index (χ2n) is 4.12. The van der Waals surface area contributed by atoms with Crippen molar-refractivity contribution in [3.05, 3.63) is 0 Å². The normalized spacial score (nSPS) is 27.2. The third-order valence-corrected chi connectivity index (χ3v) is 4.13. The first-order valence-corrected chi connectivity index (χ1v) is 8.96. The molecule has 1 fully saturated rings. The number of rotatable bonds is 6. The zero-order valence-electron chi connectivity index (χ0n) is 10.3. The summed E-state index contributed by atoms with van der Waals surface area (Å²) < 4.78 is 26.9. The van der Waals surface area contributed by atoms with Gasteiger partial charge in [0, 0.05) is 52.0 Å². The van der Waals surface area contributed by atoms with E-state index in [-0.39, 0.29) is 12.3 Å². The summed E-state index contributed by atoms with van der Waals surface area (Å²) in [5, 5.41) is 2.55. The van der Waals surface area contributed by atoms with Crippen LogP contribution in [-0.2, 0) is 35.9 Å². The van der Waals surface area contributed by atoms with Crippen molar-refractivity contribution in [2.24, 2.45) is 0 Å². The molecule has 104 valence electrons. The van der Waals surface area contributed by atoms with Crippen LogP contribution in [0.5, 0.6) is 0 Å². The van der Waals surface area contributed by atoms with Gasteiger partial charge in [0.2, 0.25) is 0 Å². The highest BCUT2D eigenvalue weighted by Gasteiger charge is 2.35. The van der Waals surface area contributed by atoms with Crippen LogP contribution in [0.4, 0.5) is 0 Å². The Hall–Kier alpha value is -0.760. The molecule has 0 spiro atoms. The van der Waals surface area contributed by atoms with Gasteiger partial charge in [-0.3, -0.25) is 13.2 Å². The van der Waals surface area contributed by atoms with Crippen LogP contribution < -0.4 is 5.32 Å². The molecular weight excluding hydrogens is 278 g/mol. The van der Waals surface area contributed by atoms with Crippen LogP contribution >= 0.6 is 0 Å². The first-order chi connectivity index (χ1) is 8.40. The molecule has 1 aliphatic heterocycles. The summed E-state index contributed by atoms with van der Waals surface area (Å²) in [5.74, 6) is -0.225. The summed E-state index contributed by atoms with van der Waals surface area (Å²) in [7, 11) is -2.03. The number of amides is 1. The van der Waals surface area contributed by atoms with Gasteiger partial charge in [-0.2, -0.15) is 0 Å². The minimum absolute atomic E-state index is 0.257. The maximum absolute atomic E-state index is 11.6. The molecule has 1 heterocycles. The standard InChI is InChI=1S/C10H17NO5S2/c1-17(14)5-3-7-10(13)16-8(9(12)11-7)4-6-18(2)15/h7-8H,3-6H2,1-2H3,(H,11,12). The molecule has 0 bridgehead atoms. The van der Waals surface area contributed by atoms with Gasteiger partial charge in [-0.25, -0.2) is 4.79 Å². The summed E-state index contributed by atoms with van der Waals surface area (Å²) in [6.07, 6.45) is 2.77. The van der Waals surface area contributed by atoms with E-state index in [9.17, 15) is 18.0 Å². The van der Waals surface area contributed by atoms with E-state index in [0.29, 0.717) is 17.9 Å². The zero-order chi connectivity index (χ0) is 13.7. The largest absolute Gasteiger partial charge is 0.451 e. The molecule has 0 aromatic heterocycles. The van der Waals surface area contributed by atoms with Crippen LogP contribution in [0.15, 0.2) is 0 Å². The molecule has 18 heavy (non-hydrogen) atoms. The molecule has 1 rings (SSSR count). The molecule has 0 aliphatic carbocycles. The van der Waals surface area contributed by atoms with E-state index in [1.54, 1.807) is 0 Å². The van der Waals surface area contributed by atoms with E-state index >= 15 is 0 Å². The number of carbonyl (C=O) groups is 2. The molecule has 0 aromatic carbocycles. The van der Waals surface area contributed by atoms with Gasteiger partial charge < -0.3 is 10.1 Å². The topological polar surface area (TPSA) is 89.5 Å². The molecule has 6 nitrogen and oxygen atoms in total. The number of ether oxygens (including phenoxy) is 1. The fraction of sp³-hybridized carbons (Fsp3) is 0.800. The average molecular weight is 295 g/mol. The zero-order valence-corrected chi connectivity index (χ0v) is 12.0. The van der Waals surface area contributed by atoms with Crippen molar-refractivity contribution in [2.75, 3.05) is 24.0 Å². The number of esters is 1. The lowest BCUT2D eigenvalue weighted by molar-refractivity contribution is -0.165. The quantitative estimate of drug-likeness (QED) is 0.631. The monoisotopic (exact) mass is 295 g/mol. The highest BCUT2D eigenvalue weighted by molar-refractivity contribution is 7.84. The van der Waals surface area contributed by atoms with Crippen LogP contribution in [0, 0.1) is 0 Å². The van der Waals surface area contributed by atoms with E-state index < -0.39 is 39.7 Å².